The van der Waals surface area contributed by atoms with Crippen LogP contribution in [0.25, 0.3) is 33.3 Å². The van der Waals surface area contributed by atoms with Crippen molar-refractivity contribution in [2.75, 3.05) is 4.90 Å². The van der Waals surface area contributed by atoms with E-state index in [0.717, 1.165) is 0 Å². The zero-order valence-electron chi connectivity index (χ0n) is 29.5. The molecule has 8 aromatic rings. The molecule has 52 heavy (non-hydrogen) atoms. The summed E-state index contributed by atoms with van der Waals surface area (Å²) in [7, 11) is 0. The highest BCUT2D eigenvalue weighted by molar-refractivity contribution is 6.90. The van der Waals surface area contributed by atoms with E-state index in [-0.39, 0.29) is 12.3 Å². The normalized spacial score (nSPS) is 15.8. The SMILES string of the molecule is Cc1cc2c3c(c1)N1c4ccccc4C(c4ccccc4)(c4ccccc4)c4cccc(c41)B3n1c3c(c4cccc-2c41)C(C)(C)c1ccccc1-3. The maximum Gasteiger partial charge on any atom is 0.333 e. The maximum atomic E-state index is 2.76. The van der Waals surface area contributed by atoms with Crippen LogP contribution >= 0.6 is 0 Å². The number of fused-ring (bicyclic) bond motifs is 11. The minimum atomic E-state index is -0.514. The summed E-state index contributed by atoms with van der Waals surface area (Å²) in [6, 6.07) is 59.8. The first-order valence-electron chi connectivity index (χ1n) is 18.6. The molecule has 1 aromatic heterocycles. The minimum Gasteiger partial charge on any atom is -0.375 e. The van der Waals surface area contributed by atoms with Crippen LogP contribution in [-0.2, 0) is 10.8 Å². The van der Waals surface area contributed by atoms with Gasteiger partial charge < -0.3 is 9.38 Å². The zero-order valence-corrected chi connectivity index (χ0v) is 29.5. The van der Waals surface area contributed by atoms with Gasteiger partial charge in [-0.05, 0) is 74.5 Å². The van der Waals surface area contributed by atoms with E-state index in [0.29, 0.717) is 0 Å². The summed E-state index contributed by atoms with van der Waals surface area (Å²) in [4.78, 5) is 2.62. The smallest absolute Gasteiger partial charge is 0.333 e. The molecule has 3 heteroatoms. The van der Waals surface area contributed by atoms with Crippen LogP contribution in [0.1, 0.15) is 52.8 Å². The third kappa shape index (κ3) is 3.17. The van der Waals surface area contributed by atoms with Crippen LogP contribution < -0.4 is 15.8 Å². The lowest BCUT2D eigenvalue weighted by Gasteiger charge is -2.50. The van der Waals surface area contributed by atoms with Crippen LogP contribution in [0.2, 0.25) is 0 Å². The maximum absolute atomic E-state index is 2.76. The second-order valence-corrected chi connectivity index (χ2v) is 15.7. The summed E-state index contributed by atoms with van der Waals surface area (Å²) < 4.78 is 2.76. The quantitative estimate of drug-likeness (QED) is 0.167. The van der Waals surface area contributed by atoms with Crippen molar-refractivity contribution in [3.8, 4) is 22.4 Å². The van der Waals surface area contributed by atoms with Gasteiger partial charge in [0.05, 0.1) is 11.1 Å². The van der Waals surface area contributed by atoms with Gasteiger partial charge in [-0.2, -0.15) is 0 Å². The number of rotatable bonds is 2. The highest BCUT2D eigenvalue weighted by Gasteiger charge is 2.53. The van der Waals surface area contributed by atoms with Gasteiger partial charge in [-0.1, -0.05) is 159 Å². The van der Waals surface area contributed by atoms with Crippen LogP contribution in [0.5, 0.6) is 0 Å². The van der Waals surface area contributed by atoms with E-state index in [2.05, 4.69) is 188 Å². The second kappa shape index (κ2) is 9.63. The molecular formula is C49H35BN2. The number of aromatic nitrogens is 1. The molecule has 0 atom stereocenters. The van der Waals surface area contributed by atoms with Crippen molar-refractivity contribution in [2.45, 2.75) is 31.6 Å². The number of hydrogen-bond donors (Lipinski definition) is 0. The van der Waals surface area contributed by atoms with E-state index in [1.807, 2.05) is 0 Å². The zero-order chi connectivity index (χ0) is 34.5. The monoisotopic (exact) mass is 662 g/mol. The molecule has 2 nitrogen and oxygen atoms in total. The molecule has 0 fully saturated rings. The Morgan fingerprint density at radius 1 is 0.538 bits per heavy atom. The van der Waals surface area contributed by atoms with Crippen LogP contribution in [-0.4, -0.2) is 11.3 Å². The Kier molecular flexibility index (Phi) is 5.30. The molecule has 0 unspecified atom stereocenters. The van der Waals surface area contributed by atoms with Gasteiger partial charge in [-0.3, -0.25) is 0 Å². The molecule has 3 aliphatic heterocycles. The van der Waals surface area contributed by atoms with Gasteiger partial charge in [0.1, 0.15) is 0 Å². The number of benzene rings is 7. The van der Waals surface area contributed by atoms with E-state index in [4.69, 9.17) is 0 Å². The average Bonchev–Trinajstić information content (AvgIpc) is 3.66. The first kappa shape index (κ1) is 28.6. The van der Waals surface area contributed by atoms with Crippen molar-refractivity contribution in [3.63, 3.8) is 0 Å². The van der Waals surface area contributed by atoms with Gasteiger partial charge in [0.25, 0.3) is 0 Å². The predicted molar refractivity (Wildman–Crippen MR) is 217 cm³/mol. The Bertz CT molecular complexity index is 2800. The molecule has 0 amide bonds. The molecule has 4 heterocycles. The first-order valence-corrected chi connectivity index (χ1v) is 18.6. The molecule has 244 valence electrons. The lowest BCUT2D eigenvalue weighted by Crippen LogP contribution is -2.58. The first-order chi connectivity index (χ1) is 25.5. The van der Waals surface area contributed by atoms with Gasteiger partial charge in [-0.15, -0.1) is 0 Å². The molecule has 0 saturated carbocycles. The van der Waals surface area contributed by atoms with Gasteiger partial charge in [0.15, 0.2) is 0 Å². The number of para-hydroxylation sites is 3. The summed E-state index contributed by atoms with van der Waals surface area (Å²) in [5, 5.41) is 1.38. The highest BCUT2D eigenvalue weighted by Crippen LogP contribution is 2.60. The fraction of sp³-hybridized carbons (Fsp3) is 0.102. The topological polar surface area (TPSA) is 8.17 Å². The van der Waals surface area contributed by atoms with E-state index in [1.165, 1.54) is 100 Å². The number of aryl methyl sites for hydroxylation is 1. The van der Waals surface area contributed by atoms with Gasteiger partial charge in [-0.25, -0.2) is 0 Å². The molecule has 0 bridgehead atoms. The molecular weight excluding hydrogens is 627 g/mol. The Morgan fingerprint density at radius 3 is 1.94 bits per heavy atom. The van der Waals surface area contributed by atoms with Crippen molar-refractivity contribution in [2.24, 2.45) is 0 Å². The average molecular weight is 663 g/mol. The summed E-state index contributed by atoms with van der Waals surface area (Å²) in [5.74, 6) is 0. The Balaban J connectivity index is 1.29. The minimum absolute atomic E-state index is 0.00872. The third-order valence-electron chi connectivity index (χ3n) is 12.8. The van der Waals surface area contributed by atoms with Crippen LogP contribution in [0.4, 0.5) is 17.1 Å². The fourth-order valence-electron chi connectivity index (χ4n) is 11.0. The third-order valence-corrected chi connectivity index (χ3v) is 12.8. The van der Waals surface area contributed by atoms with E-state index < -0.39 is 5.41 Å². The second-order valence-electron chi connectivity index (χ2n) is 15.7. The molecule has 0 N–H and O–H groups in total. The summed E-state index contributed by atoms with van der Waals surface area (Å²) in [6.45, 7) is 7.13. The molecule has 0 radical (unpaired) electrons. The molecule has 4 aliphatic rings. The lowest BCUT2D eigenvalue weighted by molar-refractivity contribution is 0.666. The Hall–Kier alpha value is -6.06. The van der Waals surface area contributed by atoms with E-state index in [1.54, 1.807) is 0 Å². The van der Waals surface area contributed by atoms with Crippen molar-refractivity contribution >= 4 is 45.7 Å². The van der Waals surface area contributed by atoms with Gasteiger partial charge >= 0.3 is 6.85 Å². The van der Waals surface area contributed by atoms with Crippen LogP contribution in [0.15, 0.2) is 158 Å². The molecule has 12 rings (SSSR count). The van der Waals surface area contributed by atoms with Crippen molar-refractivity contribution < 1.29 is 0 Å². The van der Waals surface area contributed by atoms with E-state index >= 15 is 0 Å². The largest absolute Gasteiger partial charge is 0.375 e. The van der Waals surface area contributed by atoms with Crippen molar-refractivity contribution in [1.82, 2.24) is 4.48 Å². The Labute approximate surface area is 304 Å². The fourth-order valence-corrected chi connectivity index (χ4v) is 11.0. The molecule has 7 aromatic carbocycles. The lowest BCUT2D eigenvalue weighted by atomic mass is 9.43. The number of hydrogen-bond acceptors (Lipinski definition) is 1. The highest BCUT2D eigenvalue weighted by atomic mass is 15.2. The predicted octanol–water partition coefficient (Wildman–Crippen LogP) is 10.4. The summed E-state index contributed by atoms with van der Waals surface area (Å²) >= 11 is 0. The number of nitrogens with zero attached hydrogens (tertiary/aromatic N) is 2. The standard InChI is InChI=1S/C49H35BN2/c1-30-28-36-33-21-14-22-35-43-46(34-20-10-11-23-37(34)48(43,2)3)52(45(33)35)50-40-26-15-25-39-47(40)51(42(29-30)44(36)50)41-27-13-12-24-38(41)49(39,31-16-6-4-7-17-31)32-18-8-5-9-19-32/h4-29H,1-3H3. The molecule has 0 spiro atoms. The summed E-state index contributed by atoms with van der Waals surface area (Å²) in [5.41, 5.74) is 22.1. The Morgan fingerprint density at radius 2 is 1.17 bits per heavy atom. The van der Waals surface area contributed by atoms with Gasteiger partial charge in [0, 0.05) is 44.5 Å². The van der Waals surface area contributed by atoms with E-state index in [9.17, 15) is 0 Å². The number of anilines is 3. The van der Waals surface area contributed by atoms with Gasteiger partial charge in [0.2, 0.25) is 0 Å². The molecule has 0 saturated heterocycles. The van der Waals surface area contributed by atoms with Crippen molar-refractivity contribution in [1.29, 1.82) is 0 Å². The van der Waals surface area contributed by atoms with Crippen molar-refractivity contribution in [3.05, 3.63) is 197 Å². The van der Waals surface area contributed by atoms with Crippen LogP contribution in [0.3, 0.4) is 0 Å². The van der Waals surface area contributed by atoms with Crippen LogP contribution in [0, 0.1) is 6.92 Å². The summed E-state index contributed by atoms with van der Waals surface area (Å²) in [6.07, 6.45) is 0. The molecule has 1 aliphatic carbocycles.